The Morgan fingerprint density at radius 3 is 2.80 bits per heavy atom. The molecule has 1 aliphatic carbocycles. The summed E-state index contributed by atoms with van der Waals surface area (Å²) in [7, 11) is 0. The van der Waals surface area contributed by atoms with Crippen molar-refractivity contribution < 1.29 is 18.7 Å². The van der Waals surface area contributed by atoms with Gasteiger partial charge in [0.15, 0.2) is 11.3 Å². The highest BCUT2D eigenvalue weighted by atomic mass is 79.9. The van der Waals surface area contributed by atoms with Crippen molar-refractivity contribution in [2.24, 2.45) is 10.8 Å². The zero-order valence-electron chi connectivity index (χ0n) is 14.9. The molecule has 2 aliphatic rings. The molecule has 25 heavy (non-hydrogen) atoms. The molecule has 1 aromatic heterocycles. The zero-order valence-corrected chi connectivity index (χ0v) is 16.5. The first-order valence-corrected chi connectivity index (χ1v) is 9.35. The zero-order chi connectivity index (χ0) is 18.2. The van der Waals surface area contributed by atoms with Crippen molar-refractivity contribution in [2.45, 2.75) is 46.1 Å². The highest BCUT2D eigenvalue weighted by Crippen LogP contribution is 2.52. The summed E-state index contributed by atoms with van der Waals surface area (Å²) in [6.45, 7) is 7.34. The second-order valence-corrected chi connectivity index (χ2v) is 9.10. The van der Waals surface area contributed by atoms with Crippen molar-refractivity contribution in [3.05, 3.63) is 28.6 Å². The van der Waals surface area contributed by atoms with Gasteiger partial charge >= 0.3 is 5.97 Å². The van der Waals surface area contributed by atoms with Crippen LogP contribution in [-0.4, -0.2) is 36.0 Å². The monoisotopic (exact) mass is 409 g/mol. The fraction of sp³-hybridized carbons (Fsp3) is 0.579. The minimum atomic E-state index is -0.547. The average molecular weight is 410 g/mol. The first-order chi connectivity index (χ1) is 11.7. The molecule has 6 heteroatoms. The van der Waals surface area contributed by atoms with E-state index in [4.69, 9.17) is 9.15 Å². The lowest BCUT2D eigenvalue weighted by molar-refractivity contribution is -0.148. The van der Waals surface area contributed by atoms with E-state index in [0.29, 0.717) is 10.4 Å². The van der Waals surface area contributed by atoms with Crippen LogP contribution >= 0.6 is 15.9 Å². The van der Waals surface area contributed by atoms with E-state index in [-0.39, 0.29) is 29.4 Å². The number of furan rings is 1. The van der Waals surface area contributed by atoms with Crippen LogP contribution < -0.4 is 0 Å². The molecule has 2 atom stereocenters. The van der Waals surface area contributed by atoms with E-state index in [1.54, 1.807) is 12.1 Å². The van der Waals surface area contributed by atoms with E-state index in [1.807, 2.05) is 4.90 Å². The van der Waals surface area contributed by atoms with Crippen LogP contribution in [0.15, 0.2) is 27.3 Å². The van der Waals surface area contributed by atoms with Gasteiger partial charge in [0.2, 0.25) is 0 Å². The number of rotatable bonds is 4. The lowest BCUT2D eigenvalue weighted by Crippen LogP contribution is -2.39. The molecule has 0 aromatic carbocycles. The molecular formula is C19H24BrNO4. The van der Waals surface area contributed by atoms with Gasteiger partial charge in [-0.25, -0.2) is 4.79 Å². The van der Waals surface area contributed by atoms with Crippen LogP contribution in [0.1, 0.15) is 45.8 Å². The van der Waals surface area contributed by atoms with Crippen molar-refractivity contribution in [2.75, 3.05) is 13.2 Å². The molecule has 0 spiro atoms. The summed E-state index contributed by atoms with van der Waals surface area (Å²) in [6.07, 6.45) is 5.97. The predicted octanol–water partition coefficient (Wildman–Crippen LogP) is 4.03. The Labute approximate surface area is 156 Å². The van der Waals surface area contributed by atoms with Gasteiger partial charge in [-0.3, -0.25) is 4.79 Å². The Bertz CT molecular complexity index is 708. The first kappa shape index (κ1) is 18.2. The maximum atomic E-state index is 12.5. The molecule has 1 aromatic rings. The molecule has 2 bridgehead atoms. The quantitative estimate of drug-likeness (QED) is 0.556. The van der Waals surface area contributed by atoms with E-state index in [1.165, 1.54) is 12.2 Å². The summed E-state index contributed by atoms with van der Waals surface area (Å²) in [5, 5.41) is 0. The number of carbonyl (C=O) groups excluding carboxylic acids is 2. The van der Waals surface area contributed by atoms with Crippen molar-refractivity contribution in [3.63, 3.8) is 0 Å². The van der Waals surface area contributed by atoms with Crippen LogP contribution in [0.3, 0.4) is 0 Å². The molecule has 2 fully saturated rings. The van der Waals surface area contributed by atoms with E-state index >= 15 is 0 Å². The van der Waals surface area contributed by atoms with Gasteiger partial charge in [0, 0.05) is 18.7 Å². The first-order valence-electron chi connectivity index (χ1n) is 8.56. The Kier molecular flexibility index (Phi) is 4.84. The standard InChI is InChI=1S/C19H24BrNO4/c1-18(2)8-13-9-19(3,11-18)12-21(13)16(22)10-24-17(23)7-5-14-4-6-15(20)25-14/h4-7,13H,8-12H2,1-3H3/b7-5+/t13-,19-/m0/s1. The fourth-order valence-corrected chi connectivity index (χ4v) is 4.90. The topological polar surface area (TPSA) is 59.8 Å². The maximum Gasteiger partial charge on any atom is 0.331 e. The number of ether oxygens (including phenoxy) is 1. The van der Waals surface area contributed by atoms with Gasteiger partial charge < -0.3 is 14.1 Å². The normalized spacial score (nSPS) is 27.7. The number of hydrogen-bond acceptors (Lipinski definition) is 4. The second kappa shape index (κ2) is 6.63. The summed E-state index contributed by atoms with van der Waals surface area (Å²) >= 11 is 3.19. The third-order valence-electron chi connectivity index (χ3n) is 5.05. The van der Waals surface area contributed by atoms with E-state index < -0.39 is 5.97 Å². The van der Waals surface area contributed by atoms with Crippen LogP contribution in [0.2, 0.25) is 0 Å². The Morgan fingerprint density at radius 1 is 1.36 bits per heavy atom. The smallest absolute Gasteiger partial charge is 0.331 e. The van der Waals surface area contributed by atoms with Gasteiger partial charge in [0.05, 0.1) is 0 Å². The van der Waals surface area contributed by atoms with E-state index in [9.17, 15) is 9.59 Å². The minimum Gasteiger partial charge on any atom is -0.452 e. The van der Waals surface area contributed by atoms with Crippen LogP contribution in [-0.2, 0) is 14.3 Å². The van der Waals surface area contributed by atoms with E-state index in [0.717, 1.165) is 25.8 Å². The molecular weight excluding hydrogens is 386 g/mol. The van der Waals surface area contributed by atoms with Crippen LogP contribution in [0, 0.1) is 10.8 Å². The van der Waals surface area contributed by atoms with Gasteiger partial charge in [-0.2, -0.15) is 0 Å². The van der Waals surface area contributed by atoms with Crippen molar-refractivity contribution >= 4 is 33.9 Å². The summed E-state index contributed by atoms with van der Waals surface area (Å²) < 4.78 is 11.0. The molecule has 0 radical (unpaired) electrons. The number of likely N-dealkylation sites (tertiary alicyclic amines) is 1. The molecule has 1 aliphatic heterocycles. The number of amides is 1. The fourth-order valence-electron chi connectivity index (χ4n) is 4.58. The SMILES string of the molecule is CC1(C)C[C@H]2C[C@](C)(CN2C(=O)COC(=O)/C=C/c2ccc(Br)o2)C1. The van der Waals surface area contributed by atoms with Crippen LogP contribution in [0.4, 0.5) is 0 Å². The molecule has 0 unspecified atom stereocenters. The van der Waals surface area contributed by atoms with Crippen molar-refractivity contribution in [1.82, 2.24) is 4.90 Å². The number of halogens is 1. The number of hydrogen-bond donors (Lipinski definition) is 0. The second-order valence-electron chi connectivity index (χ2n) is 8.32. The molecule has 1 saturated heterocycles. The van der Waals surface area contributed by atoms with E-state index in [2.05, 4.69) is 36.7 Å². The Morgan fingerprint density at radius 2 is 2.12 bits per heavy atom. The summed E-state index contributed by atoms with van der Waals surface area (Å²) in [5.41, 5.74) is 0.433. The molecule has 136 valence electrons. The highest BCUT2D eigenvalue weighted by Gasteiger charge is 2.50. The summed E-state index contributed by atoms with van der Waals surface area (Å²) in [6, 6.07) is 3.73. The number of carbonyl (C=O) groups is 2. The molecule has 0 N–H and O–H groups in total. The highest BCUT2D eigenvalue weighted by molar-refractivity contribution is 9.10. The molecule has 1 saturated carbocycles. The Hall–Kier alpha value is -1.56. The molecule has 2 heterocycles. The number of nitrogens with zero attached hydrogens (tertiary/aromatic N) is 1. The van der Waals surface area contributed by atoms with Gasteiger partial charge in [-0.05, 0) is 64.2 Å². The van der Waals surface area contributed by atoms with Gasteiger partial charge in [-0.1, -0.05) is 20.8 Å². The summed E-state index contributed by atoms with van der Waals surface area (Å²) in [4.78, 5) is 26.2. The minimum absolute atomic E-state index is 0.103. The van der Waals surface area contributed by atoms with Gasteiger partial charge in [0.1, 0.15) is 5.76 Å². The maximum absolute atomic E-state index is 12.5. The lowest BCUT2D eigenvalue weighted by Gasteiger charge is -2.39. The van der Waals surface area contributed by atoms with Crippen molar-refractivity contribution in [1.29, 1.82) is 0 Å². The summed E-state index contributed by atoms with van der Waals surface area (Å²) in [5.74, 6) is -0.109. The van der Waals surface area contributed by atoms with Crippen molar-refractivity contribution in [3.8, 4) is 0 Å². The number of esters is 1. The lowest BCUT2D eigenvalue weighted by atomic mass is 9.65. The van der Waals surface area contributed by atoms with Gasteiger partial charge in [0.25, 0.3) is 5.91 Å². The molecule has 5 nitrogen and oxygen atoms in total. The van der Waals surface area contributed by atoms with Crippen LogP contribution in [0.5, 0.6) is 0 Å². The molecule has 1 amide bonds. The van der Waals surface area contributed by atoms with Crippen LogP contribution in [0.25, 0.3) is 6.08 Å². The third-order valence-corrected chi connectivity index (χ3v) is 5.48. The third kappa shape index (κ3) is 4.35. The van der Waals surface area contributed by atoms with Gasteiger partial charge in [-0.15, -0.1) is 0 Å². The average Bonchev–Trinajstić information content (AvgIpc) is 3.02. The largest absolute Gasteiger partial charge is 0.452 e. The number of fused-ring (bicyclic) bond motifs is 2. The molecule has 3 rings (SSSR count). The predicted molar refractivity (Wildman–Crippen MR) is 97.6 cm³/mol. The Balaban J connectivity index is 1.53.